The van der Waals surface area contributed by atoms with Crippen LogP contribution in [0.3, 0.4) is 0 Å². The summed E-state index contributed by atoms with van der Waals surface area (Å²) in [6, 6.07) is 0. The van der Waals surface area contributed by atoms with Crippen LogP contribution in [0.1, 0.15) is 6.42 Å². The fourth-order valence-corrected chi connectivity index (χ4v) is 1.40. The number of hydrogen-bond donors (Lipinski definition) is 3. The van der Waals surface area contributed by atoms with Crippen LogP contribution >= 0.6 is 0 Å². The first-order valence-electron chi connectivity index (χ1n) is 5.09. The van der Waals surface area contributed by atoms with Gasteiger partial charge in [0.25, 0.3) is 0 Å². The van der Waals surface area contributed by atoms with Gasteiger partial charge >= 0.3 is 0 Å². The zero-order valence-corrected chi connectivity index (χ0v) is 9.40. The van der Waals surface area contributed by atoms with E-state index < -0.39 is 0 Å². The molecule has 0 aliphatic carbocycles. The molecule has 86 valence electrons. The Hall–Kier alpha value is -1.75. The van der Waals surface area contributed by atoms with E-state index in [0.29, 0.717) is 0 Å². The Morgan fingerprint density at radius 1 is 1.56 bits per heavy atom. The molecular weight excluding hydrogens is 202 g/mol. The van der Waals surface area contributed by atoms with Crippen LogP contribution < -0.4 is 5.73 Å². The summed E-state index contributed by atoms with van der Waals surface area (Å²) in [6.07, 6.45) is 6.53. The highest BCUT2D eigenvalue weighted by atomic mass is 15.1. The number of likely N-dealkylation sites (N-methyl/N-ethyl adjacent to an activating group) is 1. The highest BCUT2D eigenvalue weighted by molar-refractivity contribution is 6.00. The summed E-state index contributed by atoms with van der Waals surface area (Å²) in [7, 11) is 2.03. The molecule has 1 aliphatic rings. The Morgan fingerprint density at radius 3 is 3.00 bits per heavy atom. The lowest BCUT2D eigenvalue weighted by Gasteiger charge is -2.23. The molecule has 0 unspecified atom stereocenters. The average Bonchev–Trinajstić information content (AvgIpc) is 2.27. The standard InChI is InChI=1S/C11H17N5/c1-16-6-4-10(13)9(8-16)7-15-11(14)3-2-5-12/h2-3,5,7,12,14H,4,6,8,13H2,1H3. The largest absolute Gasteiger partial charge is 0.402 e. The van der Waals surface area contributed by atoms with Crippen LogP contribution in [0, 0.1) is 10.8 Å². The first kappa shape index (κ1) is 12.3. The Morgan fingerprint density at radius 2 is 2.31 bits per heavy atom. The summed E-state index contributed by atoms with van der Waals surface area (Å²) < 4.78 is 0. The minimum atomic E-state index is 0.122. The molecule has 5 heteroatoms. The van der Waals surface area contributed by atoms with Gasteiger partial charge in [-0.05, 0) is 19.2 Å². The molecule has 0 atom stereocenters. The van der Waals surface area contributed by atoms with Gasteiger partial charge in [0.05, 0.1) is 0 Å². The van der Waals surface area contributed by atoms with Crippen LogP contribution in [0.4, 0.5) is 0 Å². The molecule has 0 saturated carbocycles. The third-order valence-electron chi connectivity index (χ3n) is 2.33. The van der Waals surface area contributed by atoms with Crippen LogP contribution in [0.25, 0.3) is 0 Å². The van der Waals surface area contributed by atoms with Gasteiger partial charge in [0.15, 0.2) is 0 Å². The minimum Gasteiger partial charge on any atom is -0.402 e. The normalized spacial score (nSPS) is 18.6. The Labute approximate surface area is 95.4 Å². The molecule has 0 fully saturated rings. The lowest BCUT2D eigenvalue weighted by molar-refractivity contribution is 0.353. The van der Waals surface area contributed by atoms with Gasteiger partial charge in [-0.1, -0.05) is 0 Å². The molecule has 1 rings (SSSR count). The first-order chi connectivity index (χ1) is 7.63. The molecule has 0 aromatic carbocycles. The number of aliphatic imine (C=N–C) groups is 1. The van der Waals surface area contributed by atoms with Crippen molar-refractivity contribution in [2.75, 3.05) is 20.1 Å². The van der Waals surface area contributed by atoms with E-state index in [1.165, 1.54) is 12.2 Å². The Bertz CT molecular complexity index is 365. The molecule has 0 aromatic heterocycles. The summed E-state index contributed by atoms with van der Waals surface area (Å²) in [5.74, 6) is 0.122. The Kier molecular flexibility index (Phi) is 4.60. The molecule has 0 saturated heterocycles. The van der Waals surface area contributed by atoms with Crippen molar-refractivity contribution < 1.29 is 0 Å². The second-order valence-electron chi connectivity index (χ2n) is 3.71. The van der Waals surface area contributed by atoms with Crippen LogP contribution in [0.5, 0.6) is 0 Å². The maximum atomic E-state index is 7.46. The quantitative estimate of drug-likeness (QED) is 0.484. The van der Waals surface area contributed by atoms with Crippen molar-refractivity contribution in [2.24, 2.45) is 10.7 Å². The molecular formula is C11H17N5. The van der Waals surface area contributed by atoms with Crippen LogP contribution in [0.15, 0.2) is 28.4 Å². The second-order valence-corrected chi connectivity index (χ2v) is 3.71. The van der Waals surface area contributed by atoms with Crippen molar-refractivity contribution in [3.05, 3.63) is 23.4 Å². The number of nitrogens with two attached hydrogens (primary N) is 1. The third-order valence-corrected chi connectivity index (χ3v) is 2.33. The van der Waals surface area contributed by atoms with E-state index in [4.69, 9.17) is 16.6 Å². The van der Waals surface area contributed by atoms with Crippen LogP contribution in [-0.4, -0.2) is 43.3 Å². The zero-order chi connectivity index (χ0) is 12.0. The number of rotatable bonds is 3. The van der Waals surface area contributed by atoms with E-state index in [1.54, 1.807) is 6.21 Å². The van der Waals surface area contributed by atoms with E-state index in [2.05, 4.69) is 9.89 Å². The van der Waals surface area contributed by atoms with Crippen molar-refractivity contribution in [1.29, 1.82) is 10.8 Å². The van der Waals surface area contributed by atoms with E-state index >= 15 is 0 Å². The van der Waals surface area contributed by atoms with Crippen molar-refractivity contribution in [3.8, 4) is 0 Å². The summed E-state index contributed by atoms with van der Waals surface area (Å²) in [4.78, 5) is 6.14. The number of nitrogens with zero attached hydrogens (tertiary/aromatic N) is 2. The van der Waals surface area contributed by atoms with E-state index in [9.17, 15) is 0 Å². The van der Waals surface area contributed by atoms with E-state index in [0.717, 1.165) is 37.0 Å². The second kappa shape index (κ2) is 5.97. The van der Waals surface area contributed by atoms with Crippen molar-refractivity contribution in [1.82, 2.24) is 4.90 Å². The lowest BCUT2D eigenvalue weighted by Crippen LogP contribution is -2.30. The maximum Gasteiger partial charge on any atom is 0.144 e. The van der Waals surface area contributed by atoms with Gasteiger partial charge in [0.2, 0.25) is 0 Å². The van der Waals surface area contributed by atoms with Gasteiger partial charge < -0.3 is 16.0 Å². The van der Waals surface area contributed by atoms with Crippen LogP contribution in [0.2, 0.25) is 0 Å². The molecule has 0 radical (unpaired) electrons. The van der Waals surface area contributed by atoms with E-state index in [-0.39, 0.29) is 5.84 Å². The predicted molar refractivity (Wildman–Crippen MR) is 67.5 cm³/mol. The molecule has 1 aliphatic heterocycles. The van der Waals surface area contributed by atoms with Gasteiger partial charge in [-0.3, -0.25) is 5.41 Å². The van der Waals surface area contributed by atoms with E-state index in [1.807, 2.05) is 7.05 Å². The molecule has 0 spiro atoms. The molecule has 0 aromatic rings. The van der Waals surface area contributed by atoms with Crippen molar-refractivity contribution in [2.45, 2.75) is 6.42 Å². The number of nitrogens with one attached hydrogen (secondary N) is 2. The molecule has 0 bridgehead atoms. The molecule has 0 amide bonds. The first-order valence-corrected chi connectivity index (χ1v) is 5.09. The SMILES string of the molecule is CN1CCC(N)=C(C=NC(=N)C=CC=N)C1. The monoisotopic (exact) mass is 219 g/mol. The highest BCUT2D eigenvalue weighted by Crippen LogP contribution is 2.10. The van der Waals surface area contributed by atoms with Gasteiger partial charge in [-0.2, -0.15) is 0 Å². The predicted octanol–water partition coefficient (Wildman–Crippen LogP) is 0.789. The summed E-state index contributed by atoms with van der Waals surface area (Å²) in [5.41, 5.74) is 7.69. The van der Waals surface area contributed by atoms with Gasteiger partial charge in [0, 0.05) is 43.2 Å². The molecule has 5 nitrogen and oxygen atoms in total. The molecule has 4 N–H and O–H groups in total. The average molecular weight is 219 g/mol. The number of amidine groups is 1. The molecule has 1 heterocycles. The van der Waals surface area contributed by atoms with Crippen molar-refractivity contribution in [3.63, 3.8) is 0 Å². The van der Waals surface area contributed by atoms with Gasteiger partial charge in [0.1, 0.15) is 5.84 Å². The number of allylic oxidation sites excluding steroid dienone is 1. The fourth-order valence-electron chi connectivity index (χ4n) is 1.40. The highest BCUT2D eigenvalue weighted by Gasteiger charge is 2.11. The lowest BCUT2D eigenvalue weighted by atomic mass is 10.1. The minimum absolute atomic E-state index is 0.122. The smallest absolute Gasteiger partial charge is 0.144 e. The zero-order valence-electron chi connectivity index (χ0n) is 9.40. The van der Waals surface area contributed by atoms with Gasteiger partial charge in [-0.25, -0.2) is 4.99 Å². The number of hydrogen-bond acceptors (Lipinski definition) is 4. The maximum absolute atomic E-state index is 7.46. The topological polar surface area (TPSA) is 89.3 Å². The summed E-state index contributed by atoms with van der Waals surface area (Å²) >= 11 is 0. The van der Waals surface area contributed by atoms with Gasteiger partial charge in [-0.15, -0.1) is 0 Å². The Balaban J connectivity index is 2.65. The van der Waals surface area contributed by atoms with Crippen LogP contribution in [-0.2, 0) is 0 Å². The summed E-state index contributed by atoms with van der Waals surface area (Å²) in [6.45, 7) is 1.74. The van der Waals surface area contributed by atoms with Crippen molar-refractivity contribution >= 4 is 18.3 Å². The summed E-state index contributed by atoms with van der Waals surface area (Å²) in [5, 5.41) is 14.2. The molecule has 16 heavy (non-hydrogen) atoms. The third kappa shape index (κ3) is 3.78. The fraction of sp³-hybridized carbons (Fsp3) is 0.364.